The Hall–Kier alpha value is -3.71. The van der Waals surface area contributed by atoms with Gasteiger partial charge in [-0.3, -0.25) is 9.59 Å². The molecule has 184 valence electrons. The highest BCUT2D eigenvalue weighted by molar-refractivity contribution is 5.93. The zero-order valence-electron chi connectivity index (χ0n) is 20.5. The van der Waals surface area contributed by atoms with E-state index in [1.165, 1.54) is 6.07 Å². The van der Waals surface area contributed by atoms with Gasteiger partial charge in [0.25, 0.3) is 5.91 Å². The molecule has 0 aliphatic heterocycles. The van der Waals surface area contributed by atoms with Gasteiger partial charge in [0.1, 0.15) is 23.7 Å². The van der Waals surface area contributed by atoms with Crippen molar-refractivity contribution in [1.82, 2.24) is 10.3 Å². The minimum atomic E-state index is -1.02. The molecule has 0 fully saturated rings. The van der Waals surface area contributed by atoms with Crippen LogP contribution in [-0.2, 0) is 4.79 Å². The molecule has 3 N–H and O–H groups in total. The van der Waals surface area contributed by atoms with Gasteiger partial charge in [-0.15, -0.1) is 0 Å². The van der Waals surface area contributed by atoms with Crippen LogP contribution in [0.1, 0.15) is 54.8 Å². The van der Waals surface area contributed by atoms with Crippen molar-refractivity contribution in [2.24, 2.45) is 5.41 Å². The average molecular weight is 477 g/mol. The molecule has 2 aromatic carbocycles. The Balaban J connectivity index is 1.91. The molecule has 7 nitrogen and oxygen atoms in total. The topological polar surface area (TPSA) is 109 Å². The molecule has 0 aliphatic rings. The number of benzene rings is 2. The van der Waals surface area contributed by atoms with Crippen molar-refractivity contribution >= 4 is 11.9 Å². The van der Waals surface area contributed by atoms with E-state index < -0.39 is 24.0 Å². The minimum absolute atomic E-state index is 0.0739. The van der Waals surface area contributed by atoms with Gasteiger partial charge in [-0.2, -0.15) is 0 Å². The standard InChI is InChI=1S/C28H32N2O5/c1-18-10-8-9-13-20(18)22(16-25(32)33)30-27(34)21-14-15-23(35-17-24(31)28(2,3)4)26(29-21)19-11-6-5-7-12-19/h5-15,22,24,31H,16-17H2,1-4H3,(H,30,34)(H,32,33). The molecule has 0 saturated heterocycles. The van der Waals surface area contributed by atoms with Crippen molar-refractivity contribution in [3.8, 4) is 17.0 Å². The number of aryl methyl sites for hydroxylation is 1. The summed E-state index contributed by atoms with van der Waals surface area (Å²) >= 11 is 0. The normalized spacial score (nSPS) is 13.1. The molecule has 0 bridgehead atoms. The summed E-state index contributed by atoms with van der Waals surface area (Å²) in [4.78, 5) is 29.2. The first-order chi connectivity index (χ1) is 16.6. The second-order valence-electron chi connectivity index (χ2n) is 9.58. The van der Waals surface area contributed by atoms with E-state index in [1.807, 2.05) is 82.3 Å². The third kappa shape index (κ3) is 6.90. The van der Waals surface area contributed by atoms with Crippen LogP contribution in [0, 0.1) is 12.3 Å². The number of aliphatic hydroxyl groups is 1. The van der Waals surface area contributed by atoms with Gasteiger partial charge in [0.2, 0.25) is 0 Å². The number of rotatable bonds is 9. The van der Waals surface area contributed by atoms with Crippen LogP contribution in [0.5, 0.6) is 5.75 Å². The lowest BCUT2D eigenvalue weighted by atomic mass is 9.90. The smallest absolute Gasteiger partial charge is 0.305 e. The first kappa shape index (κ1) is 25.9. The number of hydrogen-bond donors (Lipinski definition) is 3. The van der Waals surface area contributed by atoms with Gasteiger partial charge >= 0.3 is 5.97 Å². The van der Waals surface area contributed by atoms with Crippen LogP contribution in [0.4, 0.5) is 0 Å². The van der Waals surface area contributed by atoms with E-state index in [0.29, 0.717) is 11.4 Å². The lowest BCUT2D eigenvalue weighted by molar-refractivity contribution is -0.137. The number of nitrogens with one attached hydrogen (secondary N) is 1. The predicted octanol–water partition coefficient (Wildman–Crippen LogP) is 4.79. The maximum atomic E-state index is 13.2. The Kier molecular flexibility index (Phi) is 8.25. The van der Waals surface area contributed by atoms with Crippen molar-refractivity contribution in [2.75, 3.05) is 6.61 Å². The Bertz CT molecular complexity index is 1170. The third-order valence-corrected chi connectivity index (χ3v) is 5.78. The summed E-state index contributed by atoms with van der Waals surface area (Å²) in [5.74, 6) is -1.06. The summed E-state index contributed by atoms with van der Waals surface area (Å²) in [6, 6.07) is 19.2. The Morgan fingerprint density at radius 2 is 1.66 bits per heavy atom. The Labute approximate surface area is 205 Å². The molecule has 1 heterocycles. The number of carbonyl (C=O) groups excluding carboxylic acids is 1. The predicted molar refractivity (Wildman–Crippen MR) is 134 cm³/mol. The number of amides is 1. The minimum Gasteiger partial charge on any atom is -0.489 e. The van der Waals surface area contributed by atoms with Crippen molar-refractivity contribution in [3.63, 3.8) is 0 Å². The van der Waals surface area contributed by atoms with Crippen LogP contribution in [-0.4, -0.2) is 39.8 Å². The number of carboxylic acids is 1. The number of aliphatic hydroxyl groups excluding tert-OH is 1. The largest absolute Gasteiger partial charge is 0.489 e. The Morgan fingerprint density at radius 1 is 1.00 bits per heavy atom. The van der Waals surface area contributed by atoms with E-state index in [4.69, 9.17) is 4.74 Å². The molecule has 35 heavy (non-hydrogen) atoms. The van der Waals surface area contributed by atoms with Crippen molar-refractivity contribution in [1.29, 1.82) is 0 Å². The number of aliphatic carboxylic acids is 1. The summed E-state index contributed by atoms with van der Waals surface area (Å²) in [5, 5.41) is 22.6. The zero-order chi connectivity index (χ0) is 25.6. The summed E-state index contributed by atoms with van der Waals surface area (Å²) in [6.07, 6.45) is -0.950. The van der Waals surface area contributed by atoms with Crippen molar-refractivity contribution in [2.45, 2.75) is 46.3 Å². The van der Waals surface area contributed by atoms with E-state index in [1.54, 1.807) is 6.07 Å². The molecule has 0 spiro atoms. The highest BCUT2D eigenvalue weighted by atomic mass is 16.5. The monoisotopic (exact) mass is 476 g/mol. The number of hydrogen-bond acceptors (Lipinski definition) is 5. The van der Waals surface area contributed by atoms with Gasteiger partial charge in [-0.05, 0) is 35.6 Å². The molecule has 2 atom stereocenters. The summed E-state index contributed by atoms with van der Waals surface area (Å²) in [6.45, 7) is 7.72. The first-order valence-electron chi connectivity index (χ1n) is 11.5. The van der Waals surface area contributed by atoms with Crippen molar-refractivity contribution < 1.29 is 24.5 Å². The second kappa shape index (κ2) is 11.1. The quantitative estimate of drug-likeness (QED) is 0.410. The van der Waals surface area contributed by atoms with Crippen LogP contribution in [0.2, 0.25) is 0 Å². The number of nitrogens with zero attached hydrogens (tertiary/aromatic N) is 1. The van der Waals surface area contributed by atoms with Crippen LogP contribution in [0.25, 0.3) is 11.3 Å². The van der Waals surface area contributed by atoms with E-state index in [2.05, 4.69) is 10.3 Å². The van der Waals surface area contributed by atoms with Gasteiger partial charge in [-0.1, -0.05) is 75.4 Å². The van der Waals surface area contributed by atoms with Gasteiger partial charge in [0, 0.05) is 5.56 Å². The molecule has 0 saturated carbocycles. The third-order valence-electron chi connectivity index (χ3n) is 5.78. The number of aromatic nitrogens is 1. The number of pyridine rings is 1. The van der Waals surface area contributed by atoms with Gasteiger partial charge in [0.05, 0.1) is 18.6 Å². The highest BCUT2D eigenvalue weighted by Gasteiger charge is 2.25. The van der Waals surface area contributed by atoms with Crippen LogP contribution in [0.15, 0.2) is 66.7 Å². The molecule has 1 amide bonds. The summed E-state index contributed by atoms with van der Waals surface area (Å²) in [7, 11) is 0. The first-order valence-corrected chi connectivity index (χ1v) is 11.5. The summed E-state index contributed by atoms with van der Waals surface area (Å²) < 4.78 is 5.91. The molecule has 0 radical (unpaired) electrons. The molecule has 2 unspecified atom stereocenters. The van der Waals surface area contributed by atoms with E-state index in [-0.39, 0.29) is 24.1 Å². The molecule has 0 aliphatic carbocycles. The van der Waals surface area contributed by atoms with Gasteiger partial charge in [0.15, 0.2) is 0 Å². The Morgan fingerprint density at radius 3 is 2.29 bits per heavy atom. The van der Waals surface area contributed by atoms with Gasteiger partial charge in [-0.25, -0.2) is 4.98 Å². The van der Waals surface area contributed by atoms with Crippen LogP contribution < -0.4 is 10.1 Å². The average Bonchev–Trinajstić information content (AvgIpc) is 2.82. The molecule has 1 aromatic heterocycles. The lowest BCUT2D eigenvalue weighted by Gasteiger charge is -2.26. The zero-order valence-corrected chi connectivity index (χ0v) is 20.5. The maximum absolute atomic E-state index is 13.2. The number of carboxylic acid groups (broad SMARTS) is 1. The van der Waals surface area contributed by atoms with Crippen molar-refractivity contribution in [3.05, 3.63) is 83.6 Å². The molecular formula is C28H32N2O5. The number of carbonyl (C=O) groups is 2. The van der Waals surface area contributed by atoms with Crippen LogP contribution >= 0.6 is 0 Å². The van der Waals surface area contributed by atoms with Gasteiger partial charge < -0.3 is 20.3 Å². The number of ether oxygens (including phenoxy) is 1. The molecule has 3 aromatic rings. The fourth-order valence-corrected chi connectivity index (χ4v) is 3.53. The fraction of sp³-hybridized carbons (Fsp3) is 0.321. The maximum Gasteiger partial charge on any atom is 0.305 e. The van der Waals surface area contributed by atoms with E-state index in [9.17, 15) is 19.8 Å². The van der Waals surface area contributed by atoms with E-state index >= 15 is 0 Å². The fourth-order valence-electron chi connectivity index (χ4n) is 3.53. The van der Waals surface area contributed by atoms with Crippen LogP contribution in [0.3, 0.4) is 0 Å². The lowest BCUT2D eigenvalue weighted by Crippen LogP contribution is -2.32. The molecule has 7 heteroatoms. The second-order valence-corrected chi connectivity index (χ2v) is 9.58. The molecular weight excluding hydrogens is 444 g/mol. The SMILES string of the molecule is Cc1ccccc1C(CC(=O)O)NC(=O)c1ccc(OCC(O)C(C)(C)C)c(-c2ccccc2)n1. The molecule has 3 rings (SSSR count). The highest BCUT2D eigenvalue weighted by Crippen LogP contribution is 2.30. The van der Waals surface area contributed by atoms with E-state index in [0.717, 1.165) is 16.7 Å². The summed E-state index contributed by atoms with van der Waals surface area (Å²) in [5.41, 5.74) is 2.63.